The molecule has 1 aromatic rings. The minimum Gasteiger partial charge on any atom is -0.260 e. The van der Waals surface area contributed by atoms with E-state index in [9.17, 15) is 4.39 Å². The molecule has 0 radical (unpaired) electrons. The van der Waals surface area contributed by atoms with Gasteiger partial charge in [0.2, 0.25) is 0 Å². The molecule has 0 spiro atoms. The molecule has 0 saturated carbocycles. The van der Waals surface area contributed by atoms with Crippen LogP contribution < -0.4 is 0 Å². The Morgan fingerprint density at radius 1 is 1.55 bits per heavy atom. The summed E-state index contributed by atoms with van der Waals surface area (Å²) in [4.78, 5) is 3.66. The predicted molar refractivity (Wildman–Crippen MR) is 41.4 cm³/mol. The Balaban J connectivity index is 2.87. The van der Waals surface area contributed by atoms with E-state index in [1.807, 2.05) is 6.92 Å². The maximum absolute atomic E-state index is 12.5. The quantitative estimate of drug-likeness (QED) is 0.514. The first-order valence-electron chi connectivity index (χ1n) is 3.42. The monoisotopic (exact) mass is 149 g/mol. The van der Waals surface area contributed by atoms with Crippen molar-refractivity contribution in [3.05, 3.63) is 29.8 Å². The second-order valence-corrected chi connectivity index (χ2v) is 2.05. The third kappa shape index (κ3) is 2.38. The van der Waals surface area contributed by atoms with Crippen molar-refractivity contribution in [1.82, 2.24) is 4.98 Å². The summed E-state index contributed by atoms with van der Waals surface area (Å²) in [6.07, 6.45) is 3.49. The number of aromatic nitrogens is 1. The van der Waals surface area contributed by atoms with Crippen LogP contribution in [0.25, 0.3) is 0 Å². The molecule has 56 valence electrons. The van der Waals surface area contributed by atoms with E-state index in [0.717, 1.165) is 12.6 Å². The molecule has 0 N–H and O–H groups in total. The largest absolute Gasteiger partial charge is 0.260 e. The van der Waals surface area contributed by atoms with Crippen molar-refractivity contribution in [2.45, 2.75) is 13.3 Å². The van der Waals surface area contributed by atoms with Crippen LogP contribution in [0.5, 0.6) is 0 Å². The Kier molecular flexibility index (Phi) is 2.62. The van der Waals surface area contributed by atoms with E-state index in [4.69, 9.17) is 0 Å². The van der Waals surface area contributed by atoms with E-state index in [2.05, 4.69) is 16.8 Å². The van der Waals surface area contributed by atoms with Gasteiger partial charge in [-0.25, -0.2) is 4.39 Å². The summed E-state index contributed by atoms with van der Waals surface area (Å²) in [5.74, 6) is 5.28. The van der Waals surface area contributed by atoms with Crippen LogP contribution in [0.4, 0.5) is 4.39 Å². The first-order valence-corrected chi connectivity index (χ1v) is 3.42. The van der Waals surface area contributed by atoms with Gasteiger partial charge in [-0.15, -0.1) is 0 Å². The summed E-state index contributed by atoms with van der Waals surface area (Å²) in [7, 11) is 0. The van der Waals surface area contributed by atoms with Gasteiger partial charge in [-0.2, -0.15) is 0 Å². The molecule has 2 heteroatoms. The SMILES string of the molecule is CCC#Cc1cncc(F)c1. The third-order valence-electron chi connectivity index (χ3n) is 1.11. The molecule has 0 aliphatic carbocycles. The molecular weight excluding hydrogens is 141 g/mol. The van der Waals surface area contributed by atoms with Crippen LogP contribution in [0.1, 0.15) is 18.9 Å². The second-order valence-electron chi connectivity index (χ2n) is 2.05. The molecule has 0 aliphatic heterocycles. The van der Waals surface area contributed by atoms with Crippen LogP contribution in [0.15, 0.2) is 18.5 Å². The molecule has 11 heavy (non-hydrogen) atoms. The van der Waals surface area contributed by atoms with E-state index < -0.39 is 0 Å². The normalized spacial score (nSPS) is 8.55. The Hall–Kier alpha value is -1.36. The predicted octanol–water partition coefficient (Wildman–Crippen LogP) is 1.98. The second kappa shape index (κ2) is 3.72. The molecule has 0 bridgehead atoms. The maximum atomic E-state index is 12.5. The highest BCUT2D eigenvalue weighted by Crippen LogP contribution is 1.97. The Labute approximate surface area is 65.3 Å². The molecule has 1 aromatic heterocycles. The van der Waals surface area contributed by atoms with E-state index in [-0.39, 0.29) is 5.82 Å². The van der Waals surface area contributed by atoms with Crippen molar-refractivity contribution in [2.24, 2.45) is 0 Å². The molecule has 0 unspecified atom stereocenters. The van der Waals surface area contributed by atoms with Gasteiger partial charge in [0.05, 0.1) is 6.20 Å². The van der Waals surface area contributed by atoms with Crippen LogP contribution >= 0.6 is 0 Å². The molecule has 0 saturated heterocycles. The third-order valence-corrected chi connectivity index (χ3v) is 1.11. The van der Waals surface area contributed by atoms with Crippen molar-refractivity contribution in [2.75, 3.05) is 0 Å². The fourth-order valence-electron chi connectivity index (χ4n) is 0.671. The van der Waals surface area contributed by atoms with Gasteiger partial charge in [-0.05, 0) is 6.07 Å². The minimum absolute atomic E-state index is 0.340. The Morgan fingerprint density at radius 3 is 3.00 bits per heavy atom. The number of hydrogen-bond acceptors (Lipinski definition) is 1. The van der Waals surface area contributed by atoms with E-state index in [1.54, 1.807) is 6.20 Å². The van der Waals surface area contributed by atoms with Crippen LogP contribution in [0.3, 0.4) is 0 Å². The average molecular weight is 149 g/mol. The molecule has 0 aliphatic rings. The lowest BCUT2D eigenvalue weighted by Crippen LogP contribution is -1.80. The summed E-state index contributed by atoms with van der Waals surface area (Å²) in [6.45, 7) is 1.94. The number of pyridine rings is 1. The Bertz CT molecular complexity index is 296. The molecule has 0 atom stereocenters. The molecule has 0 aromatic carbocycles. The molecule has 0 amide bonds. The number of nitrogens with zero attached hydrogens (tertiary/aromatic N) is 1. The van der Waals surface area contributed by atoms with Gasteiger partial charge in [0.15, 0.2) is 0 Å². The van der Waals surface area contributed by atoms with Crippen LogP contribution in [0.2, 0.25) is 0 Å². The first-order chi connectivity index (χ1) is 5.33. The maximum Gasteiger partial charge on any atom is 0.142 e. The zero-order chi connectivity index (χ0) is 8.10. The highest BCUT2D eigenvalue weighted by atomic mass is 19.1. The summed E-state index contributed by atoms with van der Waals surface area (Å²) < 4.78 is 12.5. The number of hydrogen-bond donors (Lipinski definition) is 0. The minimum atomic E-state index is -0.340. The van der Waals surface area contributed by atoms with Gasteiger partial charge in [0, 0.05) is 18.2 Å². The fourth-order valence-corrected chi connectivity index (χ4v) is 0.671. The molecule has 1 nitrogen and oxygen atoms in total. The Morgan fingerprint density at radius 2 is 2.36 bits per heavy atom. The number of rotatable bonds is 0. The standard InChI is InChI=1S/C9H8FN/c1-2-3-4-8-5-9(10)7-11-6-8/h5-7H,2H2,1H3. The van der Waals surface area contributed by atoms with Crippen molar-refractivity contribution in [3.63, 3.8) is 0 Å². The lowest BCUT2D eigenvalue weighted by molar-refractivity contribution is 0.621. The first kappa shape index (κ1) is 7.74. The lowest BCUT2D eigenvalue weighted by Gasteiger charge is -1.87. The van der Waals surface area contributed by atoms with Crippen molar-refractivity contribution < 1.29 is 4.39 Å². The van der Waals surface area contributed by atoms with Crippen LogP contribution in [-0.2, 0) is 0 Å². The highest BCUT2D eigenvalue weighted by Gasteiger charge is 1.89. The van der Waals surface area contributed by atoms with Gasteiger partial charge in [-0.1, -0.05) is 18.8 Å². The van der Waals surface area contributed by atoms with Crippen molar-refractivity contribution >= 4 is 0 Å². The summed E-state index contributed by atoms with van der Waals surface area (Å²) in [6, 6.07) is 1.37. The van der Waals surface area contributed by atoms with Crippen LogP contribution in [-0.4, -0.2) is 4.98 Å². The van der Waals surface area contributed by atoms with Gasteiger partial charge in [-0.3, -0.25) is 4.98 Å². The van der Waals surface area contributed by atoms with Crippen molar-refractivity contribution in [1.29, 1.82) is 0 Å². The lowest BCUT2D eigenvalue weighted by atomic mass is 10.3. The molecule has 1 heterocycles. The topological polar surface area (TPSA) is 12.9 Å². The number of halogens is 1. The average Bonchev–Trinajstić information content (AvgIpc) is 2.01. The smallest absolute Gasteiger partial charge is 0.142 e. The van der Waals surface area contributed by atoms with E-state index in [1.165, 1.54) is 6.07 Å². The van der Waals surface area contributed by atoms with Gasteiger partial charge < -0.3 is 0 Å². The molecule has 0 fully saturated rings. The van der Waals surface area contributed by atoms with Crippen LogP contribution in [0, 0.1) is 17.7 Å². The zero-order valence-corrected chi connectivity index (χ0v) is 6.26. The fraction of sp³-hybridized carbons (Fsp3) is 0.222. The van der Waals surface area contributed by atoms with Gasteiger partial charge in [0.1, 0.15) is 5.82 Å². The molecule has 1 rings (SSSR count). The van der Waals surface area contributed by atoms with Gasteiger partial charge in [0.25, 0.3) is 0 Å². The van der Waals surface area contributed by atoms with Crippen molar-refractivity contribution in [3.8, 4) is 11.8 Å². The van der Waals surface area contributed by atoms with E-state index >= 15 is 0 Å². The summed E-state index contributed by atoms with van der Waals surface area (Å²) >= 11 is 0. The highest BCUT2D eigenvalue weighted by molar-refractivity contribution is 5.31. The zero-order valence-electron chi connectivity index (χ0n) is 6.26. The summed E-state index contributed by atoms with van der Waals surface area (Å²) in [5, 5.41) is 0. The van der Waals surface area contributed by atoms with Gasteiger partial charge >= 0.3 is 0 Å². The summed E-state index contributed by atoms with van der Waals surface area (Å²) in [5.41, 5.74) is 0.631. The van der Waals surface area contributed by atoms with E-state index in [0.29, 0.717) is 5.56 Å². The molecular formula is C9H8FN.